The fraction of sp³-hybridized carbons (Fsp3) is 0.385. The van der Waals surface area contributed by atoms with Crippen molar-refractivity contribution in [3.8, 4) is 0 Å². The highest BCUT2D eigenvalue weighted by Crippen LogP contribution is 2.35. The van der Waals surface area contributed by atoms with Gasteiger partial charge in [-0.15, -0.1) is 0 Å². The molecule has 0 N–H and O–H groups in total. The van der Waals surface area contributed by atoms with Crippen molar-refractivity contribution in [1.82, 2.24) is 0 Å². The Morgan fingerprint density at radius 2 is 1.82 bits per heavy atom. The van der Waals surface area contributed by atoms with Crippen LogP contribution < -0.4 is 0 Å². The summed E-state index contributed by atoms with van der Waals surface area (Å²) in [6.45, 7) is 3.68. The van der Waals surface area contributed by atoms with Gasteiger partial charge in [-0.1, -0.05) is 53.2 Å². The van der Waals surface area contributed by atoms with Gasteiger partial charge in [0, 0.05) is 6.42 Å². The number of esters is 1. The van der Waals surface area contributed by atoms with Crippen LogP contribution in [0.2, 0.25) is 0 Å². The van der Waals surface area contributed by atoms with Crippen molar-refractivity contribution in [2.45, 2.75) is 24.6 Å². The molecule has 0 aromatic heterocycles. The maximum Gasteiger partial charge on any atom is 0.335 e. The van der Waals surface area contributed by atoms with E-state index in [0.717, 1.165) is 0 Å². The molecule has 17 heavy (non-hydrogen) atoms. The fourth-order valence-corrected chi connectivity index (χ4v) is 2.19. The van der Waals surface area contributed by atoms with Gasteiger partial charge in [-0.2, -0.15) is 0 Å². The molecule has 92 valence electrons. The van der Waals surface area contributed by atoms with E-state index in [0.29, 0.717) is 5.56 Å². The number of carbonyl (C=O) groups is 2. The third kappa shape index (κ3) is 2.75. The van der Waals surface area contributed by atoms with E-state index in [1.807, 2.05) is 6.07 Å². The molecule has 1 aromatic rings. The van der Waals surface area contributed by atoms with Crippen molar-refractivity contribution < 1.29 is 14.3 Å². The van der Waals surface area contributed by atoms with Crippen molar-refractivity contribution in [1.29, 1.82) is 0 Å². The molecule has 0 amide bonds. The predicted octanol–water partition coefficient (Wildman–Crippen LogP) is 2.82. The fourth-order valence-electron chi connectivity index (χ4n) is 1.53. The van der Waals surface area contributed by atoms with E-state index in [-0.39, 0.29) is 18.8 Å². The zero-order valence-electron chi connectivity index (χ0n) is 9.90. The van der Waals surface area contributed by atoms with Gasteiger partial charge in [-0.05, 0) is 12.5 Å². The van der Waals surface area contributed by atoms with E-state index in [1.54, 1.807) is 38.1 Å². The number of halogens is 1. The van der Waals surface area contributed by atoms with Crippen LogP contribution in [-0.4, -0.2) is 18.4 Å². The van der Waals surface area contributed by atoms with Crippen molar-refractivity contribution in [2.24, 2.45) is 0 Å². The van der Waals surface area contributed by atoms with Crippen LogP contribution in [0, 0.1) is 0 Å². The lowest BCUT2D eigenvalue weighted by Crippen LogP contribution is -2.39. The lowest BCUT2D eigenvalue weighted by molar-refractivity contribution is -0.149. The van der Waals surface area contributed by atoms with Gasteiger partial charge in [0.25, 0.3) is 0 Å². The first-order valence-corrected chi connectivity index (χ1v) is 6.31. The van der Waals surface area contributed by atoms with Crippen LogP contribution in [0.4, 0.5) is 0 Å². The second-order valence-corrected chi connectivity index (χ2v) is 4.71. The van der Waals surface area contributed by atoms with E-state index in [2.05, 4.69) is 15.9 Å². The molecule has 0 fully saturated rings. The zero-order valence-corrected chi connectivity index (χ0v) is 11.5. The number of ketones is 1. The topological polar surface area (TPSA) is 43.4 Å². The number of ether oxygens (including phenoxy) is 1. The molecule has 0 saturated carbocycles. The van der Waals surface area contributed by atoms with Gasteiger partial charge < -0.3 is 4.74 Å². The van der Waals surface area contributed by atoms with Crippen LogP contribution in [0.1, 0.15) is 25.8 Å². The minimum Gasteiger partial charge on any atom is -0.464 e. The highest BCUT2D eigenvalue weighted by molar-refractivity contribution is 9.10. The second-order valence-electron chi connectivity index (χ2n) is 3.52. The minimum atomic E-state index is -1.38. The lowest BCUT2D eigenvalue weighted by Gasteiger charge is -2.23. The Kier molecular flexibility index (Phi) is 4.87. The highest BCUT2D eigenvalue weighted by atomic mass is 79.9. The van der Waals surface area contributed by atoms with Gasteiger partial charge in [0.15, 0.2) is 5.78 Å². The molecule has 0 radical (unpaired) electrons. The van der Waals surface area contributed by atoms with Crippen LogP contribution in [-0.2, 0) is 18.7 Å². The quantitative estimate of drug-likeness (QED) is 0.477. The Morgan fingerprint density at radius 3 is 2.29 bits per heavy atom. The minimum absolute atomic E-state index is 0.206. The summed E-state index contributed by atoms with van der Waals surface area (Å²) in [6, 6.07) is 8.87. The third-order valence-corrected chi connectivity index (χ3v) is 3.66. The molecule has 0 saturated heterocycles. The molecule has 0 heterocycles. The summed E-state index contributed by atoms with van der Waals surface area (Å²) in [6.07, 6.45) is 0.263. The molecule has 0 spiro atoms. The zero-order chi connectivity index (χ0) is 12.9. The summed E-state index contributed by atoms with van der Waals surface area (Å²) in [5, 5.41) is 0. The Balaban J connectivity index is 3.20. The average molecular weight is 299 g/mol. The molecule has 1 atom stereocenters. The van der Waals surface area contributed by atoms with Crippen LogP contribution in [0.3, 0.4) is 0 Å². The molecule has 0 aliphatic rings. The molecular weight excluding hydrogens is 284 g/mol. The molecule has 1 aromatic carbocycles. The lowest BCUT2D eigenvalue weighted by atomic mass is 9.93. The first-order valence-electron chi connectivity index (χ1n) is 5.52. The number of Topliss-reactive ketones (excluding diaryl/α,β-unsaturated/α-hetero) is 1. The van der Waals surface area contributed by atoms with Crippen LogP contribution >= 0.6 is 15.9 Å². The van der Waals surface area contributed by atoms with Crippen LogP contribution in [0.5, 0.6) is 0 Å². The van der Waals surface area contributed by atoms with Crippen molar-refractivity contribution in [2.75, 3.05) is 6.61 Å². The number of rotatable bonds is 5. The number of carbonyl (C=O) groups excluding carboxylic acids is 2. The number of benzene rings is 1. The van der Waals surface area contributed by atoms with Crippen LogP contribution in [0.15, 0.2) is 30.3 Å². The van der Waals surface area contributed by atoms with E-state index >= 15 is 0 Å². The normalized spacial score (nSPS) is 13.8. The first-order chi connectivity index (χ1) is 8.07. The van der Waals surface area contributed by atoms with Gasteiger partial charge in [0.05, 0.1) is 6.61 Å². The predicted molar refractivity (Wildman–Crippen MR) is 69.0 cm³/mol. The number of alkyl halides is 1. The summed E-state index contributed by atoms with van der Waals surface area (Å²) in [5.74, 6) is -0.764. The Hall–Kier alpha value is -1.16. The maximum absolute atomic E-state index is 12.0. The molecule has 3 nitrogen and oxygen atoms in total. The van der Waals surface area contributed by atoms with Crippen molar-refractivity contribution in [3.63, 3.8) is 0 Å². The summed E-state index contributed by atoms with van der Waals surface area (Å²) in [7, 11) is 0. The molecule has 1 rings (SSSR count). The molecule has 0 aliphatic heterocycles. The third-order valence-electron chi connectivity index (χ3n) is 2.43. The van der Waals surface area contributed by atoms with Gasteiger partial charge in [-0.25, -0.2) is 4.79 Å². The Labute approximate surface area is 109 Å². The molecular formula is C13H15BrO3. The maximum atomic E-state index is 12.0. The largest absolute Gasteiger partial charge is 0.464 e. The summed E-state index contributed by atoms with van der Waals surface area (Å²) in [4.78, 5) is 24.0. The Bertz CT molecular complexity index is 402. The monoisotopic (exact) mass is 298 g/mol. The summed E-state index contributed by atoms with van der Waals surface area (Å²) in [5.41, 5.74) is 0.602. The second kappa shape index (κ2) is 5.96. The van der Waals surface area contributed by atoms with E-state index < -0.39 is 10.3 Å². The van der Waals surface area contributed by atoms with Crippen molar-refractivity contribution in [3.05, 3.63) is 35.9 Å². The molecule has 1 unspecified atom stereocenters. The Morgan fingerprint density at radius 1 is 1.24 bits per heavy atom. The average Bonchev–Trinajstić information content (AvgIpc) is 2.38. The van der Waals surface area contributed by atoms with E-state index in [9.17, 15) is 9.59 Å². The van der Waals surface area contributed by atoms with E-state index in [1.165, 1.54) is 0 Å². The van der Waals surface area contributed by atoms with Gasteiger partial charge in [0.2, 0.25) is 4.32 Å². The number of hydrogen-bond donors (Lipinski definition) is 0. The SMILES string of the molecule is CCOC(=O)C(Br)(C(=O)CC)c1ccccc1. The number of hydrogen-bond acceptors (Lipinski definition) is 3. The smallest absolute Gasteiger partial charge is 0.335 e. The van der Waals surface area contributed by atoms with E-state index in [4.69, 9.17) is 4.74 Å². The highest BCUT2D eigenvalue weighted by Gasteiger charge is 2.45. The molecule has 0 bridgehead atoms. The summed E-state index contributed by atoms with van der Waals surface area (Å²) >= 11 is 3.26. The van der Waals surface area contributed by atoms with Crippen LogP contribution in [0.25, 0.3) is 0 Å². The van der Waals surface area contributed by atoms with Crippen molar-refractivity contribution >= 4 is 27.7 Å². The first kappa shape index (κ1) is 13.9. The van der Waals surface area contributed by atoms with Gasteiger partial charge >= 0.3 is 5.97 Å². The summed E-state index contributed by atoms with van der Waals surface area (Å²) < 4.78 is 3.60. The van der Waals surface area contributed by atoms with Gasteiger partial charge in [0.1, 0.15) is 0 Å². The molecule has 4 heteroatoms. The molecule has 0 aliphatic carbocycles. The van der Waals surface area contributed by atoms with Gasteiger partial charge in [-0.3, -0.25) is 4.79 Å². The standard InChI is InChI=1S/C13H15BrO3/c1-3-11(15)13(14,12(16)17-4-2)10-8-6-5-7-9-10/h5-9H,3-4H2,1-2H3.